The van der Waals surface area contributed by atoms with Gasteiger partial charge in [0.1, 0.15) is 13.2 Å². The number of carbonyl (C=O) groups is 3. The molecule has 0 N–H and O–H groups in total. The van der Waals surface area contributed by atoms with Crippen LogP contribution in [0.15, 0.2) is 85.1 Å². The first-order chi connectivity index (χ1) is 29.0. The summed E-state index contributed by atoms with van der Waals surface area (Å²) >= 11 is 0. The van der Waals surface area contributed by atoms with Crippen molar-refractivity contribution in [2.75, 3.05) is 13.2 Å². The summed E-state index contributed by atoms with van der Waals surface area (Å²) in [6.45, 7) is 6.41. The topological polar surface area (TPSA) is 78.9 Å². The van der Waals surface area contributed by atoms with E-state index in [2.05, 4.69) is 45.1 Å². The van der Waals surface area contributed by atoms with Gasteiger partial charge in [-0.25, -0.2) is 0 Å². The number of ether oxygens (including phenoxy) is 3. The van der Waals surface area contributed by atoms with Gasteiger partial charge >= 0.3 is 17.9 Å². The molecule has 0 bridgehead atoms. The highest BCUT2D eigenvalue weighted by Crippen LogP contribution is 2.14. The molecule has 0 aliphatic heterocycles. The predicted octanol–water partition coefficient (Wildman–Crippen LogP) is 15.6. The van der Waals surface area contributed by atoms with Gasteiger partial charge in [-0.1, -0.05) is 215 Å². The van der Waals surface area contributed by atoms with Crippen LogP contribution in [0.3, 0.4) is 0 Å². The molecular weight excluding hydrogens is 733 g/mol. The molecule has 59 heavy (non-hydrogen) atoms. The maximum atomic E-state index is 12.7. The van der Waals surface area contributed by atoms with Crippen molar-refractivity contribution in [2.45, 2.75) is 219 Å². The van der Waals surface area contributed by atoms with Gasteiger partial charge in [0.15, 0.2) is 6.10 Å². The van der Waals surface area contributed by atoms with Gasteiger partial charge in [-0.05, 0) is 64.2 Å². The lowest BCUT2D eigenvalue weighted by molar-refractivity contribution is -0.167. The van der Waals surface area contributed by atoms with Crippen LogP contribution in [0.25, 0.3) is 0 Å². The molecule has 0 fully saturated rings. The van der Waals surface area contributed by atoms with Crippen LogP contribution < -0.4 is 0 Å². The fourth-order valence-electron chi connectivity index (χ4n) is 6.41. The van der Waals surface area contributed by atoms with Crippen molar-refractivity contribution in [1.29, 1.82) is 0 Å². The highest BCUT2D eigenvalue weighted by molar-refractivity contribution is 5.71. The SMILES string of the molecule is CC\C=C/C=C\C=C/C=C\C=C\C=C/CCCCCC(=O)OCC(COC(=O)CCCCCCCCCCCC)OC(=O)CCCCC/C=C\CCCCCCCCC. The third-order valence-electron chi connectivity index (χ3n) is 10.0. The van der Waals surface area contributed by atoms with Gasteiger partial charge in [0.25, 0.3) is 0 Å². The highest BCUT2D eigenvalue weighted by atomic mass is 16.6. The van der Waals surface area contributed by atoms with Crippen LogP contribution in [-0.2, 0) is 28.6 Å². The van der Waals surface area contributed by atoms with Gasteiger partial charge in [-0.3, -0.25) is 14.4 Å². The maximum absolute atomic E-state index is 12.7. The largest absolute Gasteiger partial charge is 0.462 e. The summed E-state index contributed by atoms with van der Waals surface area (Å²) in [5.74, 6) is -0.963. The van der Waals surface area contributed by atoms with Crippen LogP contribution in [0.2, 0.25) is 0 Å². The Morgan fingerprint density at radius 1 is 0.356 bits per heavy atom. The van der Waals surface area contributed by atoms with Crippen molar-refractivity contribution in [3.8, 4) is 0 Å². The van der Waals surface area contributed by atoms with Crippen LogP contribution in [0.1, 0.15) is 213 Å². The van der Waals surface area contributed by atoms with E-state index in [1.54, 1.807) is 0 Å². The average molecular weight is 821 g/mol. The molecule has 6 nitrogen and oxygen atoms in total. The lowest BCUT2D eigenvalue weighted by atomic mass is 10.1. The van der Waals surface area contributed by atoms with Crippen LogP contribution in [0.5, 0.6) is 0 Å². The molecule has 0 aromatic carbocycles. The van der Waals surface area contributed by atoms with Gasteiger partial charge in [0.2, 0.25) is 0 Å². The zero-order valence-electron chi connectivity index (χ0n) is 38.2. The molecule has 6 heteroatoms. The molecule has 0 amide bonds. The summed E-state index contributed by atoms with van der Waals surface area (Å²) in [4.78, 5) is 37.8. The Morgan fingerprint density at radius 3 is 1.10 bits per heavy atom. The summed E-state index contributed by atoms with van der Waals surface area (Å²) in [5, 5.41) is 0. The number of allylic oxidation sites excluding steroid dienone is 14. The van der Waals surface area contributed by atoms with Crippen LogP contribution in [0, 0.1) is 0 Å². The number of hydrogen-bond donors (Lipinski definition) is 0. The van der Waals surface area contributed by atoms with Crippen molar-refractivity contribution < 1.29 is 28.6 Å². The molecule has 0 saturated carbocycles. The van der Waals surface area contributed by atoms with Crippen molar-refractivity contribution in [2.24, 2.45) is 0 Å². The number of carbonyl (C=O) groups excluding carboxylic acids is 3. The Labute approximate surface area is 363 Å². The fraction of sp³-hybridized carbons (Fsp3) is 0.679. The summed E-state index contributed by atoms with van der Waals surface area (Å²) in [6.07, 6.45) is 59.9. The first kappa shape index (κ1) is 55.6. The quantitative estimate of drug-likeness (QED) is 0.0201. The highest BCUT2D eigenvalue weighted by Gasteiger charge is 2.19. The standard InChI is InChI=1S/C53H88O6/c1-4-7-10-13-16-19-22-24-26-27-28-30-31-34-37-40-43-46-52(55)58-49-50(48-57-51(54)45-42-39-36-33-21-18-15-12-9-6-3)59-53(56)47-44-41-38-35-32-29-25-23-20-17-14-11-8-5-2/h7,10,13,16,19,22,24,26-32,50H,4-6,8-9,11-12,14-15,17-18,20-21,23,25,33-49H2,1-3H3/b10-7-,16-13-,22-19-,26-24-,28-27+,31-30-,32-29-. The Bertz CT molecular complexity index is 1170. The van der Waals surface area contributed by atoms with E-state index < -0.39 is 6.10 Å². The number of rotatable bonds is 42. The number of unbranched alkanes of at least 4 members (excludes halogenated alkanes) is 22. The van der Waals surface area contributed by atoms with Gasteiger partial charge in [0, 0.05) is 19.3 Å². The molecule has 0 aliphatic carbocycles. The fourth-order valence-corrected chi connectivity index (χ4v) is 6.41. The van der Waals surface area contributed by atoms with Crippen LogP contribution in [0.4, 0.5) is 0 Å². The summed E-state index contributed by atoms with van der Waals surface area (Å²) in [7, 11) is 0. The summed E-state index contributed by atoms with van der Waals surface area (Å²) in [5.41, 5.74) is 0. The Balaban J connectivity index is 4.49. The third kappa shape index (κ3) is 45.5. The van der Waals surface area contributed by atoms with E-state index >= 15 is 0 Å². The summed E-state index contributed by atoms with van der Waals surface area (Å²) in [6, 6.07) is 0. The molecule has 0 saturated heterocycles. The first-order valence-electron chi connectivity index (χ1n) is 24.2. The van der Waals surface area contributed by atoms with Crippen molar-refractivity contribution in [1.82, 2.24) is 0 Å². The molecule has 0 rings (SSSR count). The van der Waals surface area contributed by atoms with E-state index in [0.29, 0.717) is 19.3 Å². The predicted molar refractivity (Wildman–Crippen MR) is 251 cm³/mol. The van der Waals surface area contributed by atoms with Crippen molar-refractivity contribution in [3.63, 3.8) is 0 Å². The molecule has 0 aliphatic rings. The molecule has 1 unspecified atom stereocenters. The third-order valence-corrected chi connectivity index (χ3v) is 10.0. The minimum Gasteiger partial charge on any atom is -0.462 e. The van der Waals surface area contributed by atoms with E-state index in [0.717, 1.165) is 83.5 Å². The Hall–Kier alpha value is -3.41. The lowest BCUT2D eigenvalue weighted by Gasteiger charge is -2.18. The second-order valence-electron chi connectivity index (χ2n) is 15.8. The van der Waals surface area contributed by atoms with E-state index in [9.17, 15) is 14.4 Å². The minimum atomic E-state index is -0.799. The normalized spacial score (nSPS) is 12.8. The van der Waals surface area contributed by atoms with Gasteiger partial charge < -0.3 is 14.2 Å². The molecule has 0 spiro atoms. The molecule has 0 radical (unpaired) electrons. The molecule has 336 valence electrons. The summed E-state index contributed by atoms with van der Waals surface area (Å²) < 4.78 is 16.7. The molecule has 0 heterocycles. The maximum Gasteiger partial charge on any atom is 0.306 e. The first-order valence-corrected chi connectivity index (χ1v) is 24.2. The zero-order valence-corrected chi connectivity index (χ0v) is 38.2. The van der Waals surface area contributed by atoms with Gasteiger partial charge in [-0.15, -0.1) is 0 Å². The van der Waals surface area contributed by atoms with Crippen molar-refractivity contribution >= 4 is 17.9 Å². The second kappa shape index (κ2) is 47.3. The van der Waals surface area contributed by atoms with E-state index in [1.807, 2.05) is 60.8 Å². The number of hydrogen-bond acceptors (Lipinski definition) is 6. The zero-order chi connectivity index (χ0) is 43.0. The molecule has 0 aromatic heterocycles. The van der Waals surface area contributed by atoms with Crippen LogP contribution in [-0.4, -0.2) is 37.2 Å². The van der Waals surface area contributed by atoms with E-state index in [-0.39, 0.29) is 31.1 Å². The molecule has 0 aromatic rings. The monoisotopic (exact) mass is 821 g/mol. The molecule has 1 atom stereocenters. The van der Waals surface area contributed by atoms with Gasteiger partial charge in [-0.2, -0.15) is 0 Å². The molecular formula is C53H88O6. The van der Waals surface area contributed by atoms with Gasteiger partial charge in [0.05, 0.1) is 0 Å². The minimum absolute atomic E-state index is 0.0965. The smallest absolute Gasteiger partial charge is 0.306 e. The average Bonchev–Trinajstić information content (AvgIpc) is 3.23. The van der Waals surface area contributed by atoms with E-state index in [1.165, 1.54) is 89.9 Å². The van der Waals surface area contributed by atoms with Crippen molar-refractivity contribution in [3.05, 3.63) is 85.1 Å². The number of esters is 3. The lowest BCUT2D eigenvalue weighted by Crippen LogP contribution is -2.30. The Morgan fingerprint density at radius 2 is 0.678 bits per heavy atom. The van der Waals surface area contributed by atoms with E-state index in [4.69, 9.17) is 14.2 Å². The second-order valence-corrected chi connectivity index (χ2v) is 15.8. The van der Waals surface area contributed by atoms with Crippen LogP contribution >= 0.6 is 0 Å². The Kier molecular flexibility index (Phi) is 44.5.